The molecule has 5 nitrogen and oxygen atoms in total. The fourth-order valence-corrected chi connectivity index (χ4v) is 4.01. The first-order valence-corrected chi connectivity index (χ1v) is 11.3. The Hall–Kier alpha value is -2.77. The summed E-state index contributed by atoms with van der Waals surface area (Å²) in [6.07, 6.45) is 1.93. The van der Waals surface area contributed by atoms with Crippen LogP contribution in [-0.4, -0.2) is 20.6 Å². The maximum absolute atomic E-state index is 12.5. The normalized spacial score (nSPS) is 11.0. The van der Waals surface area contributed by atoms with Gasteiger partial charge in [-0.15, -0.1) is 11.8 Å². The third-order valence-electron chi connectivity index (χ3n) is 4.06. The number of carbonyl (C=O) groups excluding carboxylic acids is 1. The van der Waals surface area contributed by atoms with Crippen LogP contribution in [0.4, 0.5) is 5.69 Å². The number of rotatable bonds is 7. The summed E-state index contributed by atoms with van der Waals surface area (Å²) >= 11 is 1.55. The number of nitrogens with one attached hydrogen (secondary N) is 2. The third-order valence-corrected chi connectivity index (χ3v) is 6.21. The number of carbonyl (C=O) groups is 1. The van der Waals surface area contributed by atoms with E-state index in [9.17, 15) is 13.2 Å². The molecule has 0 spiro atoms. The Morgan fingerprint density at radius 1 is 0.893 bits per heavy atom. The van der Waals surface area contributed by atoms with Gasteiger partial charge in [0.15, 0.2) is 0 Å². The summed E-state index contributed by atoms with van der Waals surface area (Å²) in [5.74, 6) is -0.217. The Kier molecular flexibility index (Phi) is 6.38. The number of hydrogen-bond acceptors (Lipinski definition) is 4. The molecular formula is C21H20N2O3S2. The van der Waals surface area contributed by atoms with Crippen LogP contribution in [0, 0.1) is 0 Å². The summed E-state index contributed by atoms with van der Waals surface area (Å²) in [5.41, 5.74) is 1.87. The Morgan fingerprint density at radius 3 is 2.14 bits per heavy atom. The van der Waals surface area contributed by atoms with Gasteiger partial charge in [-0.25, -0.2) is 8.42 Å². The van der Waals surface area contributed by atoms with Crippen LogP contribution < -0.4 is 10.0 Å². The van der Waals surface area contributed by atoms with Crippen LogP contribution in [0.25, 0.3) is 0 Å². The minimum Gasteiger partial charge on any atom is -0.348 e. The van der Waals surface area contributed by atoms with Crippen LogP contribution in [-0.2, 0) is 16.6 Å². The number of thioether (sulfide) groups is 1. The first kappa shape index (κ1) is 20.0. The molecule has 0 aliphatic heterocycles. The van der Waals surface area contributed by atoms with E-state index in [2.05, 4.69) is 10.0 Å². The molecular weight excluding hydrogens is 392 g/mol. The number of amides is 1. The number of anilines is 1. The van der Waals surface area contributed by atoms with E-state index in [1.165, 1.54) is 0 Å². The lowest BCUT2D eigenvalue weighted by Gasteiger charge is -2.10. The maximum Gasteiger partial charge on any atom is 0.261 e. The Labute approximate surface area is 169 Å². The lowest BCUT2D eigenvalue weighted by atomic mass is 10.2. The Balaban J connectivity index is 1.63. The molecule has 0 aromatic heterocycles. The highest BCUT2D eigenvalue weighted by Gasteiger charge is 2.14. The maximum atomic E-state index is 12.5. The number of sulfonamides is 1. The fourth-order valence-electron chi connectivity index (χ4n) is 2.54. The standard InChI is InChI=1S/C21H20N2O3S2/c1-27-19-11-13-20(14-12-19)28(25,26)23-18-9-7-17(8-10-18)21(24)22-15-16-5-3-2-4-6-16/h2-14,23H,15H2,1H3,(H,22,24). The summed E-state index contributed by atoms with van der Waals surface area (Å²) in [6, 6.07) is 22.6. The summed E-state index contributed by atoms with van der Waals surface area (Å²) in [7, 11) is -3.68. The smallest absolute Gasteiger partial charge is 0.261 e. The van der Waals surface area contributed by atoms with Crippen molar-refractivity contribution in [2.45, 2.75) is 16.3 Å². The van der Waals surface area contributed by atoms with Gasteiger partial charge in [0.1, 0.15) is 0 Å². The highest BCUT2D eigenvalue weighted by molar-refractivity contribution is 7.98. The molecule has 0 aliphatic rings. The minimum absolute atomic E-state index is 0.190. The fraction of sp³-hybridized carbons (Fsp3) is 0.0952. The van der Waals surface area contributed by atoms with Gasteiger partial charge in [-0.1, -0.05) is 30.3 Å². The van der Waals surface area contributed by atoms with E-state index < -0.39 is 10.0 Å². The van der Waals surface area contributed by atoms with Gasteiger partial charge >= 0.3 is 0 Å². The molecule has 0 fully saturated rings. The molecule has 0 bridgehead atoms. The molecule has 0 saturated carbocycles. The van der Waals surface area contributed by atoms with E-state index in [0.717, 1.165) is 10.5 Å². The predicted octanol–water partition coefficient (Wildman–Crippen LogP) is 4.14. The molecule has 2 N–H and O–H groups in total. The summed E-state index contributed by atoms with van der Waals surface area (Å²) in [6.45, 7) is 0.431. The Bertz CT molecular complexity index is 1030. The second-order valence-electron chi connectivity index (χ2n) is 6.03. The second kappa shape index (κ2) is 8.95. The molecule has 0 aliphatic carbocycles. The van der Waals surface area contributed by atoms with Crippen molar-refractivity contribution in [1.82, 2.24) is 5.32 Å². The second-order valence-corrected chi connectivity index (χ2v) is 8.59. The first-order valence-electron chi connectivity index (χ1n) is 8.57. The predicted molar refractivity (Wildman–Crippen MR) is 113 cm³/mol. The van der Waals surface area contributed by atoms with Crippen LogP contribution >= 0.6 is 11.8 Å². The van der Waals surface area contributed by atoms with E-state index in [-0.39, 0.29) is 10.8 Å². The van der Waals surface area contributed by atoms with Crippen molar-refractivity contribution in [3.05, 3.63) is 90.0 Å². The largest absolute Gasteiger partial charge is 0.348 e. The van der Waals surface area contributed by atoms with Crippen molar-refractivity contribution < 1.29 is 13.2 Å². The quantitative estimate of drug-likeness (QED) is 0.572. The molecule has 3 rings (SSSR count). The first-order chi connectivity index (χ1) is 13.5. The van der Waals surface area contributed by atoms with Crippen LogP contribution in [0.3, 0.4) is 0 Å². The van der Waals surface area contributed by atoms with Crippen molar-refractivity contribution in [2.24, 2.45) is 0 Å². The zero-order chi connectivity index (χ0) is 20.0. The summed E-state index contributed by atoms with van der Waals surface area (Å²) in [4.78, 5) is 13.4. The minimum atomic E-state index is -3.68. The molecule has 0 atom stereocenters. The molecule has 0 saturated heterocycles. The average Bonchev–Trinajstić information content (AvgIpc) is 2.73. The molecule has 144 valence electrons. The highest BCUT2D eigenvalue weighted by atomic mass is 32.2. The van der Waals surface area contributed by atoms with E-state index in [1.54, 1.807) is 60.3 Å². The zero-order valence-corrected chi connectivity index (χ0v) is 16.9. The van der Waals surface area contributed by atoms with E-state index in [0.29, 0.717) is 17.8 Å². The van der Waals surface area contributed by atoms with Crippen molar-refractivity contribution in [3.8, 4) is 0 Å². The monoisotopic (exact) mass is 412 g/mol. The van der Waals surface area contributed by atoms with Crippen molar-refractivity contribution in [2.75, 3.05) is 11.0 Å². The summed E-state index contributed by atoms with van der Waals surface area (Å²) in [5, 5.41) is 2.84. The van der Waals surface area contributed by atoms with Gasteiger partial charge < -0.3 is 5.32 Å². The number of benzene rings is 3. The van der Waals surface area contributed by atoms with Gasteiger partial charge in [0, 0.05) is 22.7 Å². The van der Waals surface area contributed by atoms with Gasteiger partial charge in [0.05, 0.1) is 4.90 Å². The van der Waals surface area contributed by atoms with Crippen molar-refractivity contribution in [1.29, 1.82) is 0 Å². The van der Waals surface area contributed by atoms with E-state index in [4.69, 9.17) is 0 Å². The highest BCUT2D eigenvalue weighted by Crippen LogP contribution is 2.20. The summed E-state index contributed by atoms with van der Waals surface area (Å²) < 4.78 is 27.5. The molecule has 0 radical (unpaired) electrons. The molecule has 3 aromatic carbocycles. The van der Waals surface area contributed by atoms with E-state index in [1.807, 2.05) is 36.6 Å². The lowest BCUT2D eigenvalue weighted by molar-refractivity contribution is 0.0951. The topological polar surface area (TPSA) is 75.3 Å². The average molecular weight is 413 g/mol. The third kappa shape index (κ3) is 5.15. The molecule has 7 heteroatoms. The molecule has 28 heavy (non-hydrogen) atoms. The SMILES string of the molecule is CSc1ccc(S(=O)(=O)Nc2ccc(C(=O)NCc3ccccc3)cc2)cc1. The van der Waals surface area contributed by atoms with Crippen molar-refractivity contribution >= 4 is 33.4 Å². The molecule has 3 aromatic rings. The zero-order valence-electron chi connectivity index (χ0n) is 15.3. The number of hydrogen-bond donors (Lipinski definition) is 2. The van der Waals surface area contributed by atoms with Gasteiger partial charge in [0.25, 0.3) is 15.9 Å². The van der Waals surface area contributed by atoms with Crippen LogP contribution in [0.2, 0.25) is 0 Å². The van der Waals surface area contributed by atoms with Gasteiger partial charge in [-0.2, -0.15) is 0 Å². The molecule has 0 unspecified atom stereocenters. The van der Waals surface area contributed by atoms with Crippen LogP contribution in [0.5, 0.6) is 0 Å². The van der Waals surface area contributed by atoms with Crippen LogP contribution in [0.1, 0.15) is 15.9 Å². The Morgan fingerprint density at radius 2 is 1.54 bits per heavy atom. The van der Waals surface area contributed by atoms with Crippen LogP contribution in [0.15, 0.2) is 88.7 Å². The van der Waals surface area contributed by atoms with Gasteiger partial charge in [-0.3, -0.25) is 9.52 Å². The lowest BCUT2D eigenvalue weighted by Crippen LogP contribution is -2.22. The van der Waals surface area contributed by atoms with Gasteiger partial charge in [-0.05, 0) is 60.4 Å². The van der Waals surface area contributed by atoms with E-state index >= 15 is 0 Å². The van der Waals surface area contributed by atoms with Crippen molar-refractivity contribution in [3.63, 3.8) is 0 Å². The molecule has 0 heterocycles. The van der Waals surface area contributed by atoms with Gasteiger partial charge in [0.2, 0.25) is 0 Å². The molecule has 1 amide bonds.